The summed E-state index contributed by atoms with van der Waals surface area (Å²) in [7, 11) is 4.81. The molecule has 0 bridgehead atoms. The molecular formula is C8H8Cl2F2N2O4S. The average Bonchev–Trinajstić information content (AvgIpc) is 2.27. The molecule has 0 radical (unpaired) electrons. The van der Waals surface area contributed by atoms with Crippen LogP contribution in [-0.4, -0.2) is 31.0 Å². The molecule has 0 atom stereocenters. The number of halogens is 4. The average molecular weight is 337 g/mol. The maximum Gasteiger partial charge on any atom is 0.359 e. The zero-order chi connectivity index (χ0) is 15.1. The Morgan fingerprint density at radius 2 is 1.84 bits per heavy atom. The standard InChI is InChI=1S/C8H8F2N2O2.Cl2O2S/c1-2-14-8(13)6-5(7(9)10)11-3-4-12-6;1-5(2,3)4/h3-4,7H,2H2,1H3;. The minimum Gasteiger partial charge on any atom is -0.461 e. The zero-order valence-electron chi connectivity index (χ0n) is 9.39. The highest BCUT2D eigenvalue weighted by Crippen LogP contribution is 2.18. The second kappa shape index (κ2) is 8.18. The maximum absolute atomic E-state index is 12.3. The molecule has 0 amide bonds. The Bertz CT molecular complexity index is 519. The highest BCUT2D eigenvalue weighted by atomic mass is 36.0. The van der Waals surface area contributed by atoms with Crippen LogP contribution in [0.4, 0.5) is 8.78 Å². The summed E-state index contributed by atoms with van der Waals surface area (Å²) in [4.78, 5) is 18.0. The van der Waals surface area contributed by atoms with Crippen LogP contribution >= 0.6 is 21.4 Å². The van der Waals surface area contributed by atoms with E-state index >= 15 is 0 Å². The molecule has 1 aromatic heterocycles. The van der Waals surface area contributed by atoms with Crippen LogP contribution in [0.25, 0.3) is 0 Å². The van der Waals surface area contributed by atoms with Crippen LogP contribution in [0.3, 0.4) is 0 Å². The van der Waals surface area contributed by atoms with Crippen LogP contribution < -0.4 is 0 Å². The number of nitrogens with zero attached hydrogens (tertiary/aromatic N) is 2. The van der Waals surface area contributed by atoms with Gasteiger partial charge in [0.1, 0.15) is 5.69 Å². The van der Waals surface area contributed by atoms with Crippen molar-refractivity contribution in [2.75, 3.05) is 6.61 Å². The van der Waals surface area contributed by atoms with E-state index < -0.39 is 32.0 Å². The third-order valence-corrected chi connectivity index (χ3v) is 1.40. The Kier molecular flexibility index (Phi) is 7.72. The van der Waals surface area contributed by atoms with Crippen LogP contribution in [-0.2, 0) is 13.0 Å². The lowest BCUT2D eigenvalue weighted by Gasteiger charge is -2.04. The van der Waals surface area contributed by atoms with Gasteiger partial charge in [-0.2, -0.15) is 8.42 Å². The van der Waals surface area contributed by atoms with Crippen molar-refractivity contribution in [1.82, 2.24) is 9.97 Å². The van der Waals surface area contributed by atoms with E-state index in [2.05, 4.69) is 36.1 Å². The molecule has 108 valence electrons. The molecule has 6 nitrogen and oxygen atoms in total. The quantitative estimate of drug-likeness (QED) is 0.621. The number of carbonyl (C=O) groups excluding carboxylic acids is 1. The minimum atomic E-state index is -3.72. The highest BCUT2D eigenvalue weighted by molar-refractivity contribution is 8.31. The van der Waals surface area contributed by atoms with Crippen molar-refractivity contribution < 1.29 is 26.7 Å². The molecular weight excluding hydrogens is 329 g/mol. The Morgan fingerprint density at radius 3 is 2.26 bits per heavy atom. The molecule has 0 unspecified atom stereocenters. The minimum absolute atomic E-state index is 0.109. The number of alkyl halides is 2. The first-order valence-corrected chi connectivity index (χ1v) is 7.70. The fourth-order valence-corrected chi connectivity index (χ4v) is 0.865. The van der Waals surface area contributed by atoms with Gasteiger partial charge >= 0.3 is 14.2 Å². The normalized spacial score (nSPS) is 10.6. The van der Waals surface area contributed by atoms with Gasteiger partial charge in [0.25, 0.3) is 6.43 Å². The van der Waals surface area contributed by atoms with Crippen molar-refractivity contribution in [2.45, 2.75) is 13.3 Å². The first-order chi connectivity index (χ1) is 8.66. The summed E-state index contributed by atoms with van der Waals surface area (Å²) in [5, 5.41) is 0. The Morgan fingerprint density at radius 1 is 1.37 bits per heavy atom. The summed E-state index contributed by atoms with van der Waals surface area (Å²) >= 11 is 0. The molecule has 0 aromatic carbocycles. The van der Waals surface area contributed by atoms with Crippen molar-refractivity contribution in [2.24, 2.45) is 0 Å². The second-order valence-corrected chi connectivity index (χ2v) is 6.36. The Labute approximate surface area is 116 Å². The number of aromatic nitrogens is 2. The van der Waals surface area contributed by atoms with Crippen LogP contribution in [0.15, 0.2) is 12.4 Å². The summed E-state index contributed by atoms with van der Waals surface area (Å²) in [6.45, 7) is 1.69. The van der Waals surface area contributed by atoms with E-state index in [0.29, 0.717) is 0 Å². The van der Waals surface area contributed by atoms with E-state index in [-0.39, 0.29) is 6.61 Å². The molecule has 1 rings (SSSR count). The first-order valence-electron chi connectivity index (χ1n) is 4.57. The monoisotopic (exact) mass is 336 g/mol. The molecule has 0 saturated heterocycles. The first kappa shape index (κ1) is 17.9. The highest BCUT2D eigenvalue weighted by Gasteiger charge is 2.21. The lowest BCUT2D eigenvalue weighted by atomic mass is 10.3. The van der Waals surface area contributed by atoms with Gasteiger partial charge in [0.05, 0.1) is 6.61 Å². The third-order valence-electron chi connectivity index (χ3n) is 1.40. The summed E-state index contributed by atoms with van der Waals surface area (Å²) in [6, 6.07) is 0. The van der Waals surface area contributed by atoms with Gasteiger partial charge in [-0.25, -0.2) is 18.6 Å². The molecule has 0 fully saturated rings. The van der Waals surface area contributed by atoms with Gasteiger partial charge in [0.15, 0.2) is 5.69 Å². The van der Waals surface area contributed by atoms with Gasteiger partial charge in [-0.1, -0.05) is 0 Å². The molecule has 0 spiro atoms. The Hall–Kier alpha value is -1.06. The van der Waals surface area contributed by atoms with Crippen LogP contribution in [0.2, 0.25) is 0 Å². The fourth-order valence-electron chi connectivity index (χ4n) is 0.865. The summed E-state index contributed by atoms with van der Waals surface area (Å²) in [5.74, 6) is -0.879. The molecule has 0 aliphatic carbocycles. The predicted octanol–water partition coefficient (Wildman–Crippen LogP) is 2.30. The molecule has 0 aliphatic heterocycles. The van der Waals surface area contributed by atoms with E-state index in [1.807, 2.05) is 0 Å². The zero-order valence-corrected chi connectivity index (χ0v) is 11.7. The van der Waals surface area contributed by atoms with Gasteiger partial charge in [-0.05, 0) is 6.92 Å². The van der Waals surface area contributed by atoms with Crippen LogP contribution in [0, 0.1) is 0 Å². The smallest absolute Gasteiger partial charge is 0.359 e. The molecule has 0 N–H and O–H groups in total. The topological polar surface area (TPSA) is 86.2 Å². The van der Waals surface area contributed by atoms with Crippen molar-refractivity contribution in [3.05, 3.63) is 23.8 Å². The van der Waals surface area contributed by atoms with Gasteiger partial charge in [0, 0.05) is 33.8 Å². The molecule has 0 aliphatic rings. The van der Waals surface area contributed by atoms with E-state index in [4.69, 9.17) is 8.42 Å². The van der Waals surface area contributed by atoms with Crippen molar-refractivity contribution >= 4 is 35.6 Å². The van der Waals surface area contributed by atoms with Crippen LogP contribution in [0.1, 0.15) is 29.5 Å². The van der Waals surface area contributed by atoms with Crippen molar-refractivity contribution in [3.8, 4) is 0 Å². The van der Waals surface area contributed by atoms with E-state index in [9.17, 15) is 13.6 Å². The fraction of sp³-hybridized carbons (Fsp3) is 0.375. The van der Waals surface area contributed by atoms with Gasteiger partial charge in [-0.3, -0.25) is 4.98 Å². The molecule has 1 heterocycles. The van der Waals surface area contributed by atoms with Gasteiger partial charge in [0.2, 0.25) is 0 Å². The molecule has 0 saturated carbocycles. The number of hydrogen-bond donors (Lipinski definition) is 0. The van der Waals surface area contributed by atoms with Crippen LogP contribution in [0.5, 0.6) is 0 Å². The maximum atomic E-state index is 12.3. The lowest BCUT2D eigenvalue weighted by Crippen LogP contribution is -2.12. The molecule has 1 aromatic rings. The number of ether oxygens (including phenoxy) is 1. The van der Waals surface area contributed by atoms with Gasteiger partial charge in [-0.15, -0.1) is 0 Å². The van der Waals surface area contributed by atoms with Gasteiger partial charge < -0.3 is 4.74 Å². The third kappa shape index (κ3) is 8.62. The van der Waals surface area contributed by atoms with Crippen molar-refractivity contribution in [3.63, 3.8) is 0 Å². The van der Waals surface area contributed by atoms with Crippen molar-refractivity contribution in [1.29, 1.82) is 0 Å². The second-order valence-electron chi connectivity index (χ2n) is 2.69. The lowest BCUT2D eigenvalue weighted by molar-refractivity contribution is 0.0505. The van der Waals surface area contributed by atoms with E-state index in [0.717, 1.165) is 12.4 Å². The van der Waals surface area contributed by atoms with E-state index in [1.165, 1.54) is 0 Å². The molecule has 11 heteroatoms. The summed E-state index contributed by atoms with van der Waals surface area (Å²) in [5.41, 5.74) is -1.07. The number of carbonyl (C=O) groups is 1. The summed E-state index contributed by atoms with van der Waals surface area (Å²) < 4.78 is 47.5. The number of esters is 1. The summed E-state index contributed by atoms with van der Waals surface area (Å²) in [6.07, 6.45) is -0.564. The SMILES string of the molecule is CCOC(=O)c1nccnc1C(F)F.O=S(=O)(Cl)Cl. The predicted molar refractivity (Wildman–Crippen MR) is 63.6 cm³/mol. The largest absolute Gasteiger partial charge is 0.461 e. The number of hydrogen-bond acceptors (Lipinski definition) is 6. The number of rotatable bonds is 3. The van der Waals surface area contributed by atoms with E-state index in [1.54, 1.807) is 6.92 Å². The molecule has 19 heavy (non-hydrogen) atoms. The Balaban J connectivity index is 0.000000555.